The summed E-state index contributed by atoms with van der Waals surface area (Å²) in [5.74, 6) is -1.08. The number of nitrogens with zero attached hydrogens (tertiary/aromatic N) is 2. The van der Waals surface area contributed by atoms with E-state index in [-0.39, 0.29) is 10.6 Å². The van der Waals surface area contributed by atoms with E-state index in [0.29, 0.717) is 17.9 Å². The number of hydrogen-bond acceptors (Lipinski definition) is 4. The molecule has 7 heteroatoms. The van der Waals surface area contributed by atoms with Crippen molar-refractivity contribution in [3.63, 3.8) is 0 Å². The van der Waals surface area contributed by atoms with E-state index in [0.717, 1.165) is 5.69 Å². The zero-order valence-electron chi connectivity index (χ0n) is 10.2. The summed E-state index contributed by atoms with van der Waals surface area (Å²) in [4.78, 5) is 11.2. The predicted octanol–water partition coefficient (Wildman–Crippen LogP) is 1.97. The Morgan fingerprint density at radius 1 is 1.58 bits per heavy atom. The first-order valence-corrected chi connectivity index (χ1v) is 5.90. The zero-order valence-corrected chi connectivity index (χ0v) is 11.0. The topological polar surface area (TPSA) is 93.2 Å². The van der Waals surface area contributed by atoms with Crippen LogP contribution in [-0.2, 0) is 13.6 Å². The molecule has 2 rings (SSSR count). The molecule has 19 heavy (non-hydrogen) atoms. The summed E-state index contributed by atoms with van der Waals surface area (Å²) < 4.78 is 1.69. The van der Waals surface area contributed by atoms with E-state index >= 15 is 0 Å². The number of carboxylic acids is 1. The maximum absolute atomic E-state index is 11.2. The third-order valence-electron chi connectivity index (χ3n) is 2.71. The van der Waals surface area contributed by atoms with Gasteiger partial charge in [-0.1, -0.05) is 11.6 Å². The number of halogens is 1. The molecule has 0 atom stereocenters. The van der Waals surface area contributed by atoms with Crippen molar-refractivity contribution in [2.24, 2.45) is 7.05 Å². The number of aromatic carboxylic acids is 1. The molecule has 0 bridgehead atoms. The van der Waals surface area contributed by atoms with Crippen LogP contribution in [0.2, 0.25) is 5.02 Å². The van der Waals surface area contributed by atoms with Gasteiger partial charge in [-0.3, -0.25) is 4.68 Å². The second-order valence-electron chi connectivity index (χ2n) is 4.03. The molecule has 2 aromatic rings. The summed E-state index contributed by atoms with van der Waals surface area (Å²) in [7, 11) is 1.81. The van der Waals surface area contributed by atoms with Gasteiger partial charge < -0.3 is 16.2 Å². The van der Waals surface area contributed by atoms with Gasteiger partial charge in [0.2, 0.25) is 0 Å². The minimum atomic E-state index is -1.08. The molecule has 0 radical (unpaired) electrons. The van der Waals surface area contributed by atoms with E-state index in [4.69, 9.17) is 22.4 Å². The van der Waals surface area contributed by atoms with Crippen LogP contribution in [0.4, 0.5) is 11.4 Å². The molecule has 100 valence electrons. The summed E-state index contributed by atoms with van der Waals surface area (Å²) in [6.45, 7) is 0.417. The number of aromatic nitrogens is 2. The van der Waals surface area contributed by atoms with Gasteiger partial charge in [-0.25, -0.2) is 4.79 Å². The second-order valence-corrected chi connectivity index (χ2v) is 4.44. The molecule has 0 unspecified atom stereocenters. The largest absolute Gasteiger partial charge is 0.478 e. The summed E-state index contributed by atoms with van der Waals surface area (Å²) in [5.41, 5.74) is 7.21. The van der Waals surface area contributed by atoms with Gasteiger partial charge in [0, 0.05) is 18.9 Å². The second kappa shape index (κ2) is 5.19. The molecule has 0 saturated heterocycles. The molecule has 0 aliphatic heterocycles. The summed E-state index contributed by atoms with van der Waals surface area (Å²) in [6, 6.07) is 4.72. The van der Waals surface area contributed by atoms with Crippen LogP contribution in [-0.4, -0.2) is 20.9 Å². The minimum absolute atomic E-state index is 0.0483. The molecule has 6 nitrogen and oxygen atoms in total. The number of carboxylic acid groups (broad SMARTS) is 1. The molecular weight excluding hydrogens is 268 g/mol. The Morgan fingerprint density at radius 3 is 2.89 bits per heavy atom. The lowest BCUT2D eigenvalue weighted by Crippen LogP contribution is -2.10. The average Bonchev–Trinajstić information content (AvgIpc) is 2.73. The van der Waals surface area contributed by atoms with Crippen molar-refractivity contribution in [1.29, 1.82) is 0 Å². The first kappa shape index (κ1) is 13.2. The van der Waals surface area contributed by atoms with Crippen LogP contribution in [0.3, 0.4) is 0 Å². The average molecular weight is 281 g/mol. The van der Waals surface area contributed by atoms with Crippen molar-refractivity contribution in [2.75, 3.05) is 11.1 Å². The Labute approximate surface area is 114 Å². The van der Waals surface area contributed by atoms with E-state index in [1.807, 2.05) is 6.07 Å². The van der Waals surface area contributed by atoms with Crippen molar-refractivity contribution in [2.45, 2.75) is 6.54 Å². The number of rotatable bonds is 4. The van der Waals surface area contributed by atoms with Crippen LogP contribution < -0.4 is 11.1 Å². The highest BCUT2D eigenvalue weighted by Crippen LogP contribution is 2.29. The number of nitrogen functional groups attached to an aromatic ring is 1. The number of aryl methyl sites for hydroxylation is 1. The number of nitrogens with one attached hydrogen (secondary N) is 1. The quantitative estimate of drug-likeness (QED) is 0.745. The van der Waals surface area contributed by atoms with Crippen LogP contribution in [0.15, 0.2) is 24.4 Å². The Hall–Kier alpha value is -2.21. The van der Waals surface area contributed by atoms with Gasteiger partial charge in [0.15, 0.2) is 0 Å². The zero-order chi connectivity index (χ0) is 14.0. The van der Waals surface area contributed by atoms with Gasteiger partial charge in [-0.05, 0) is 18.2 Å². The fourth-order valence-electron chi connectivity index (χ4n) is 1.73. The number of anilines is 2. The van der Waals surface area contributed by atoms with Crippen molar-refractivity contribution in [1.82, 2.24) is 9.78 Å². The summed E-state index contributed by atoms with van der Waals surface area (Å²) in [6.07, 6.45) is 1.67. The lowest BCUT2D eigenvalue weighted by Gasteiger charge is -2.12. The van der Waals surface area contributed by atoms with Crippen molar-refractivity contribution in [3.05, 3.63) is 40.7 Å². The van der Waals surface area contributed by atoms with E-state index in [9.17, 15) is 4.79 Å². The summed E-state index contributed by atoms with van der Waals surface area (Å²) in [5, 5.41) is 16.5. The number of nitrogens with two attached hydrogens (primary N) is 1. The molecule has 0 aliphatic rings. The smallest absolute Gasteiger partial charge is 0.337 e. The highest BCUT2D eigenvalue weighted by Gasteiger charge is 2.15. The minimum Gasteiger partial charge on any atom is -0.478 e. The number of carbonyl (C=O) groups is 1. The van der Waals surface area contributed by atoms with Crippen molar-refractivity contribution in [3.8, 4) is 0 Å². The molecule has 1 heterocycles. The third-order valence-corrected chi connectivity index (χ3v) is 3.01. The van der Waals surface area contributed by atoms with E-state index in [2.05, 4.69) is 10.4 Å². The molecular formula is C12H13ClN4O2. The molecule has 0 spiro atoms. The first-order chi connectivity index (χ1) is 8.99. The SMILES string of the molecule is Cn1nccc1CNc1c(Cl)cc(N)cc1C(=O)O. The van der Waals surface area contributed by atoms with Gasteiger partial charge in [0.25, 0.3) is 0 Å². The summed E-state index contributed by atoms with van der Waals surface area (Å²) >= 11 is 6.03. The molecule has 0 saturated carbocycles. The molecule has 1 aromatic carbocycles. The predicted molar refractivity (Wildman–Crippen MR) is 73.4 cm³/mol. The Morgan fingerprint density at radius 2 is 2.32 bits per heavy atom. The fraction of sp³-hybridized carbons (Fsp3) is 0.167. The lowest BCUT2D eigenvalue weighted by atomic mass is 10.1. The van der Waals surface area contributed by atoms with Crippen LogP contribution >= 0.6 is 11.6 Å². The van der Waals surface area contributed by atoms with E-state index in [1.165, 1.54) is 12.1 Å². The highest BCUT2D eigenvalue weighted by molar-refractivity contribution is 6.34. The maximum Gasteiger partial charge on any atom is 0.337 e. The highest BCUT2D eigenvalue weighted by atomic mass is 35.5. The molecule has 0 amide bonds. The van der Waals surface area contributed by atoms with E-state index in [1.54, 1.807) is 17.9 Å². The van der Waals surface area contributed by atoms with Gasteiger partial charge in [0.1, 0.15) is 0 Å². The molecule has 1 aromatic heterocycles. The lowest BCUT2D eigenvalue weighted by molar-refractivity contribution is 0.0698. The normalized spacial score (nSPS) is 10.4. The molecule has 0 aliphatic carbocycles. The first-order valence-electron chi connectivity index (χ1n) is 5.52. The monoisotopic (exact) mass is 280 g/mol. The standard InChI is InChI=1S/C12H13ClN4O2/c1-17-8(2-3-16-17)6-15-11-9(12(18)19)4-7(14)5-10(11)13/h2-5,15H,6,14H2,1H3,(H,18,19). The van der Waals surface area contributed by atoms with Gasteiger partial charge in [-0.15, -0.1) is 0 Å². The van der Waals surface area contributed by atoms with Crippen LogP contribution in [0, 0.1) is 0 Å². The van der Waals surface area contributed by atoms with Crippen molar-refractivity contribution >= 4 is 28.9 Å². The fourth-order valence-corrected chi connectivity index (χ4v) is 2.02. The Balaban J connectivity index is 2.29. The van der Waals surface area contributed by atoms with Crippen LogP contribution in [0.5, 0.6) is 0 Å². The van der Waals surface area contributed by atoms with Gasteiger partial charge in [-0.2, -0.15) is 5.10 Å². The van der Waals surface area contributed by atoms with Gasteiger partial charge in [0.05, 0.1) is 28.5 Å². The van der Waals surface area contributed by atoms with Crippen molar-refractivity contribution < 1.29 is 9.90 Å². The molecule has 4 N–H and O–H groups in total. The van der Waals surface area contributed by atoms with Crippen LogP contribution in [0.25, 0.3) is 0 Å². The number of benzene rings is 1. The van der Waals surface area contributed by atoms with Crippen LogP contribution in [0.1, 0.15) is 16.1 Å². The Bertz CT molecular complexity index is 624. The molecule has 0 fully saturated rings. The van der Waals surface area contributed by atoms with E-state index < -0.39 is 5.97 Å². The maximum atomic E-state index is 11.2. The third kappa shape index (κ3) is 2.79. The van der Waals surface area contributed by atoms with Gasteiger partial charge >= 0.3 is 5.97 Å². The number of hydrogen-bond donors (Lipinski definition) is 3. The Kier molecular flexibility index (Phi) is 3.62.